The highest BCUT2D eigenvalue weighted by atomic mass is 35.5. The fourth-order valence-corrected chi connectivity index (χ4v) is 4.79. The van der Waals surface area contributed by atoms with Crippen LogP contribution in [-0.2, 0) is 16.9 Å². The minimum atomic E-state index is -2.95. The first-order valence-corrected chi connectivity index (χ1v) is 12.9. The van der Waals surface area contributed by atoms with E-state index in [2.05, 4.69) is 20.2 Å². The van der Waals surface area contributed by atoms with Gasteiger partial charge in [-0.2, -0.15) is 4.98 Å². The molecule has 0 spiro atoms. The van der Waals surface area contributed by atoms with E-state index in [-0.39, 0.29) is 29.8 Å². The van der Waals surface area contributed by atoms with Gasteiger partial charge in [-0.15, -0.1) is 12.4 Å². The van der Waals surface area contributed by atoms with E-state index in [1.165, 1.54) is 10.8 Å². The predicted molar refractivity (Wildman–Crippen MR) is 135 cm³/mol. The topological polar surface area (TPSA) is 97.2 Å². The Hall–Kier alpha value is -2.20. The number of sulfone groups is 1. The molecule has 0 atom stereocenters. The molecule has 1 aromatic carbocycles. The molecule has 4 rings (SSSR count). The van der Waals surface area contributed by atoms with Crippen LogP contribution in [0.2, 0.25) is 5.02 Å². The van der Waals surface area contributed by atoms with Gasteiger partial charge in [-0.25, -0.2) is 13.4 Å². The molecule has 0 aliphatic carbocycles. The molecule has 11 heteroatoms. The van der Waals surface area contributed by atoms with Gasteiger partial charge >= 0.3 is 0 Å². The van der Waals surface area contributed by atoms with Gasteiger partial charge in [0.05, 0.1) is 5.75 Å². The van der Waals surface area contributed by atoms with Crippen molar-refractivity contribution >= 4 is 50.8 Å². The molecule has 0 unspecified atom stereocenters. The summed E-state index contributed by atoms with van der Waals surface area (Å²) in [6.45, 7) is 2.20. The summed E-state index contributed by atoms with van der Waals surface area (Å²) in [4.78, 5) is 24.2. The van der Waals surface area contributed by atoms with Crippen LogP contribution in [0.1, 0.15) is 12.8 Å². The normalized spacial score (nSPS) is 15.4. The lowest BCUT2D eigenvalue weighted by Crippen LogP contribution is -2.41. The molecule has 0 bridgehead atoms. The van der Waals surface area contributed by atoms with Crippen molar-refractivity contribution in [3.8, 4) is 11.1 Å². The van der Waals surface area contributed by atoms with Crippen molar-refractivity contribution in [1.82, 2.24) is 19.4 Å². The molecule has 1 N–H and O–H groups in total. The Labute approximate surface area is 204 Å². The molecule has 2 aromatic heterocycles. The Bertz CT molecular complexity index is 1310. The standard InChI is InChI=1S/C22H26ClN5O3S.ClH/c1-27-20-15(13-18(21(27)29)17-5-3-4-6-19(17)23)14-24-22(26-20)25-16-7-9-28(10-8-16)11-12-32(2,30)31;/h3-6,13-14,16H,7-12H2,1-2H3,(H,24,25,26);1H. The molecule has 178 valence electrons. The molecule has 0 saturated carbocycles. The summed E-state index contributed by atoms with van der Waals surface area (Å²) in [6, 6.07) is 9.24. The summed E-state index contributed by atoms with van der Waals surface area (Å²) in [5.74, 6) is 0.663. The molecule has 33 heavy (non-hydrogen) atoms. The quantitative estimate of drug-likeness (QED) is 0.543. The van der Waals surface area contributed by atoms with Crippen LogP contribution in [0.5, 0.6) is 0 Å². The summed E-state index contributed by atoms with van der Waals surface area (Å²) in [6.07, 6.45) is 4.72. The van der Waals surface area contributed by atoms with Crippen molar-refractivity contribution < 1.29 is 8.42 Å². The zero-order valence-corrected chi connectivity index (χ0v) is 20.9. The first-order chi connectivity index (χ1) is 15.2. The van der Waals surface area contributed by atoms with Gasteiger partial charge < -0.3 is 10.2 Å². The Morgan fingerprint density at radius 1 is 1.18 bits per heavy atom. The number of rotatable bonds is 6. The number of likely N-dealkylation sites (tertiary alicyclic amines) is 1. The number of hydrogen-bond acceptors (Lipinski definition) is 7. The number of nitrogens with zero attached hydrogens (tertiary/aromatic N) is 4. The van der Waals surface area contributed by atoms with Gasteiger partial charge in [-0.05, 0) is 25.0 Å². The van der Waals surface area contributed by atoms with Gasteiger partial charge in [-0.1, -0.05) is 29.8 Å². The van der Waals surface area contributed by atoms with E-state index in [4.69, 9.17) is 11.6 Å². The number of aromatic nitrogens is 3. The number of benzene rings is 1. The molecule has 0 radical (unpaired) electrons. The van der Waals surface area contributed by atoms with E-state index >= 15 is 0 Å². The second kappa shape index (κ2) is 10.4. The number of pyridine rings is 1. The highest BCUT2D eigenvalue weighted by molar-refractivity contribution is 7.90. The fourth-order valence-electron chi connectivity index (χ4n) is 3.97. The monoisotopic (exact) mass is 511 g/mol. The number of nitrogens with one attached hydrogen (secondary N) is 1. The Morgan fingerprint density at radius 2 is 1.88 bits per heavy atom. The molecule has 1 fully saturated rings. The number of anilines is 1. The minimum Gasteiger partial charge on any atom is -0.351 e. The second-order valence-corrected chi connectivity index (χ2v) is 10.9. The molecule has 1 saturated heterocycles. The largest absolute Gasteiger partial charge is 0.351 e. The number of fused-ring (bicyclic) bond motifs is 1. The maximum atomic E-state index is 13.0. The van der Waals surface area contributed by atoms with E-state index in [0.29, 0.717) is 34.3 Å². The number of aryl methyl sites for hydroxylation is 1. The number of halogens is 2. The number of hydrogen-bond donors (Lipinski definition) is 1. The molecule has 8 nitrogen and oxygen atoms in total. The van der Waals surface area contributed by atoms with E-state index in [0.717, 1.165) is 31.3 Å². The first-order valence-electron chi connectivity index (χ1n) is 10.5. The van der Waals surface area contributed by atoms with Gasteiger partial charge in [0.15, 0.2) is 0 Å². The third-order valence-corrected chi connectivity index (χ3v) is 7.07. The minimum absolute atomic E-state index is 0. The van der Waals surface area contributed by atoms with Gasteiger partial charge in [0.2, 0.25) is 5.95 Å². The zero-order chi connectivity index (χ0) is 22.9. The summed E-state index contributed by atoms with van der Waals surface area (Å²) in [7, 11) is -1.25. The number of piperidine rings is 1. The van der Waals surface area contributed by atoms with Crippen LogP contribution < -0.4 is 10.9 Å². The average molecular weight is 512 g/mol. The van der Waals surface area contributed by atoms with Crippen molar-refractivity contribution in [2.75, 3.05) is 37.0 Å². The average Bonchev–Trinajstić information content (AvgIpc) is 2.76. The lowest BCUT2D eigenvalue weighted by molar-refractivity contribution is 0.230. The first kappa shape index (κ1) is 25.4. The van der Waals surface area contributed by atoms with Crippen molar-refractivity contribution in [2.45, 2.75) is 18.9 Å². The van der Waals surface area contributed by atoms with Gasteiger partial charge in [0, 0.05) is 66.7 Å². The summed E-state index contributed by atoms with van der Waals surface area (Å²) in [5.41, 5.74) is 1.57. The van der Waals surface area contributed by atoms with Crippen molar-refractivity contribution in [2.24, 2.45) is 7.05 Å². The third-order valence-electron chi connectivity index (χ3n) is 5.81. The smallest absolute Gasteiger partial charge is 0.259 e. The Balaban J connectivity index is 0.00000306. The van der Waals surface area contributed by atoms with Gasteiger partial charge in [-0.3, -0.25) is 9.36 Å². The van der Waals surface area contributed by atoms with E-state index < -0.39 is 9.84 Å². The molecular weight excluding hydrogens is 485 g/mol. The van der Waals surface area contributed by atoms with Gasteiger partial charge in [0.1, 0.15) is 15.5 Å². The highest BCUT2D eigenvalue weighted by Crippen LogP contribution is 2.27. The summed E-state index contributed by atoms with van der Waals surface area (Å²) in [5, 5.41) is 4.64. The van der Waals surface area contributed by atoms with Crippen LogP contribution in [0, 0.1) is 0 Å². The third kappa shape index (κ3) is 6.03. The van der Waals surface area contributed by atoms with Crippen molar-refractivity contribution in [3.05, 3.63) is 51.9 Å². The predicted octanol–water partition coefficient (Wildman–Crippen LogP) is 2.99. The van der Waals surface area contributed by atoms with Crippen molar-refractivity contribution in [3.63, 3.8) is 0 Å². The maximum absolute atomic E-state index is 13.0. The Morgan fingerprint density at radius 3 is 2.55 bits per heavy atom. The Kier molecular flexibility index (Phi) is 8.00. The molecule has 3 heterocycles. The molecular formula is C22H27Cl2N5O3S. The van der Waals surface area contributed by atoms with Crippen LogP contribution in [0.4, 0.5) is 5.95 Å². The van der Waals surface area contributed by atoms with Crippen molar-refractivity contribution in [1.29, 1.82) is 0 Å². The zero-order valence-electron chi connectivity index (χ0n) is 18.5. The maximum Gasteiger partial charge on any atom is 0.259 e. The SMILES string of the molecule is Cl.Cn1c(=O)c(-c2ccccc2Cl)cc2cnc(NC3CCN(CCS(C)(=O)=O)CC3)nc21. The van der Waals surface area contributed by atoms with Crippen LogP contribution in [-0.4, -0.2) is 65.5 Å². The van der Waals surface area contributed by atoms with E-state index in [1.807, 2.05) is 18.2 Å². The molecule has 1 aliphatic rings. The fraction of sp³-hybridized carbons (Fsp3) is 0.409. The molecule has 0 amide bonds. The van der Waals surface area contributed by atoms with E-state index in [9.17, 15) is 13.2 Å². The van der Waals surface area contributed by atoms with Crippen LogP contribution >= 0.6 is 24.0 Å². The van der Waals surface area contributed by atoms with E-state index in [1.54, 1.807) is 25.4 Å². The van der Waals surface area contributed by atoms with Crippen LogP contribution in [0.3, 0.4) is 0 Å². The van der Waals surface area contributed by atoms with Gasteiger partial charge in [0.25, 0.3) is 5.56 Å². The lowest BCUT2D eigenvalue weighted by atomic mass is 10.1. The summed E-state index contributed by atoms with van der Waals surface area (Å²) < 4.78 is 24.3. The highest BCUT2D eigenvalue weighted by Gasteiger charge is 2.21. The second-order valence-electron chi connectivity index (χ2n) is 8.26. The van der Waals surface area contributed by atoms with Crippen LogP contribution in [0.15, 0.2) is 41.3 Å². The summed E-state index contributed by atoms with van der Waals surface area (Å²) >= 11 is 6.30. The van der Waals surface area contributed by atoms with Crippen LogP contribution in [0.25, 0.3) is 22.2 Å². The molecule has 3 aromatic rings. The lowest BCUT2D eigenvalue weighted by Gasteiger charge is -2.32. The molecule has 1 aliphatic heterocycles.